The summed E-state index contributed by atoms with van der Waals surface area (Å²) in [5.41, 5.74) is 9.77. The summed E-state index contributed by atoms with van der Waals surface area (Å²) in [6, 6.07) is 18.1. The molecule has 21 heavy (non-hydrogen) atoms. The van der Waals surface area contributed by atoms with Crippen LogP contribution in [0.25, 0.3) is 10.8 Å². The molecular weight excluding hydrogens is 346 g/mol. The maximum atomic E-state index is 6.48. The van der Waals surface area contributed by atoms with Crippen LogP contribution in [0.4, 0.5) is 0 Å². The molecule has 3 rings (SSSR count). The molecule has 0 amide bonds. The number of fused-ring (bicyclic) bond motifs is 1. The van der Waals surface area contributed by atoms with Crippen LogP contribution in [0.15, 0.2) is 59.1 Å². The van der Waals surface area contributed by atoms with Gasteiger partial charge in [-0.25, -0.2) is 0 Å². The highest BCUT2D eigenvalue weighted by Gasteiger charge is 2.15. The lowest BCUT2D eigenvalue weighted by molar-refractivity contribution is 0.880. The zero-order chi connectivity index (χ0) is 15.0. The standard InChI is InChI=1S/C18H15BrClN/c1-11-6-8-15(14-5-3-2-4-13(11)14)18(21)16-9-7-12(19)10-17(16)20/h2-10,18H,21H2,1H3. The molecule has 0 saturated heterocycles. The second kappa shape index (κ2) is 5.80. The van der Waals surface area contributed by atoms with Gasteiger partial charge in [0, 0.05) is 9.50 Å². The van der Waals surface area contributed by atoms with E-state index in [1.165, 1.54) is 16.3 Å². The number of hydrogen-bond donors (Lipinski definition) is 1. The van der Waals surface area contributed by atoms with Crippen LogP contribution in [0.2, 0.25) is 5.02 Å². The predicted molar refractivity (Wildman–Crippen MR) is 93.9 cm³/mol. The van der Waals surface area contributed by atoms with E-state index >= 15 is 0 Å². The lowest BCUT2D eigenvalue weighted by Crippen LogP contribution is -2.13. The van der Waals surface area contributed by atoms with E-state index in [9.17, 15) is 0 Å². The Balaban J connectivity index is 2.18. The fraction of sp³-hybridized carbons (Fsp3) is 0.111. The van der Waals surface area contributed by atoms with E-state index in [4.69, 9.17) is 17.3 Å². The monoisotopic (exact) mass is 359 g/mol. The average molecular weight is 361 g/mol. The smallest absolute Gasteiger partial charge is 0.0572 e. The minimum Gasteiger partial charge on any atom is -0.320 e. The third-order valence-corrected chi connectivity index (χ3v) is 4.63. The van der Waals surface area contributed by atoms with Crippen LogP contribution in [0.1, 0.15) is 22.7 Å². The maximum absolute atomic E-state index is 6.48. The van der Waals surface area contributed by atoms with Gasteiger partial charge in [0.2, 0.25) is 0 Å². The first-order chi connectivity index (χ1) is 10.1. The Morgan fingerprint density at radius 1 is 0.952 bits per heavy atom. The third kappa shape index (κ3) is 2.71. The molecule has 0 aliphatic carbocycles. The Bertz CT molecular complexity index is 813. The Labute approximate surface area is 137 Å². The number of benzene rings is 3. The molecule has 0 bridgehead atoms. The molecule has 0 aromatic heterocycles. The summed E-state index contributed by atoms with van der Waals surface area (Å²) in [6.07, 6.45) is 0. The fourth-order valence-electron chi connectivity index (χ4n) is 2.67. The van der Waals surface area contributed by atoms with Gasteiger partial charge in [-0.05, 0) is 46.5 Å². The summed E-state index contributed by atoms with van der Waals surface area (Å²) in [4.78, 5) is 0. The van der Waals surface area contributed by atoms with Crippen molar-refractivity contribution in [3.8, 4) is 0 Å². The maximum Gasteiger partial charge on any atom is 0.0572 e. The molecule has 0 heterocycles. The summed E-state index contributed by atoms with van der Waals surface area (Å²) in [6.45, 7) is 2.12. The van der Waals surface area contributed by atoms with Crippen LogP contribution in [0.5, 0.6) is 0 Å². The molecular formula is C18H15BrClN. The second-order valence-electron chi connectivity index (χ2n) is 5.16. The Morgan fingerprint density at radius 3 is 2.33 bits per heavy atom. The summed E-state index contributed by atoms with van der Waals surface area (Å²) < 4.78 is 0.956. The quantitative estimate of drug-likeness (QED) is 0.631. The summed E-state index contributed by atoms with van der Waals surface area (Å²) >= 11 is 9.77. The number of rotatable bonds is 2. The summed E-state index contributed by atoms with van der Waals surface area (Å²) in [5, 5.41) is 3.10. The fourth-order valence-corrected chi connectivity index (χ4v) is 3.46. The van der Waals surface area contributed by atoms with Crippen molar-refractivity contribution in [3.63, 3.8) is 0 Å². The average Bonchev–Trinajstić information content (AvgIpc) is 2.47. The number of halogens is 2. The minimum absolute atomic E-state index is 0.240. The van der Waals surface area contributed by atoms with Crippen molar-refractivity contribution in [1.82, 2.24) is 0 Å². The Hall–Kier alpha value is -1.35. The highest BCUT2D eigenvalue weighted by molar-refractivity contribution is 9.10. The van der Waals surface area contributed by atoms with E-state index in [2.05, 4.69) is 53.2 Å². The summed E-state index contributed by atoms with van der Waals surface area (Å²) in [7, 11) is 0. The zero-order valence-electron chi connectivity index (χ0n) is 11.6. The SMILES string of the molecule is Cc1ccc(C(N)c2ccc(Br)cc2Cl)c2ccccc12. The topological polar surface area (TPSA) is 26.0 Å². The lowest BCUT2D eigenvalue weighted by Gasteiger charge is -2.17. The van der Waals surface area contributed by atoms with Crippen LogP contribution in [-0.4, -0.2) is 0 Å². The van der Waals surface area contributed by atoms with Gasteiger partial charge >= 0.3 is 0 Å². The van der Waals surface area contributed by atoms with E-state index in [-0.39, 0.29) is 6.04 Å². The van der Waals surface area contributed by atoms with E-state index in [1.54, 1.807) is 0 Å². The molecule has 0 aliphatic heterocycles. The lowest BCUT2D eigenvalue weighted by atomic mass is 9.92. The molecule has 0 fully saturated rings. The van der Waals surface area contributed by atoms with Crippen molar-refractivity contribution in [2.75, 3.05) is 0 Å². The molecule has 3 aromatic rings. The van der Waals surface area contributed by atoms with Crippen LogP contribution < -0.4 is 5.73 Å². The molecule has 0 aliphatic rings. The van der Waals surface area contributed by atoms with Crippen molar-refractivity contribution < 1.29 is 0 Å². The van der Waals surface area contributed by atoms with Crippen molar-refractivity contribution in [1.29, 1.82) is 0 Å². The van der Waals surface area contributed by atoms with E-state index in [0.717, 1.165) is 15.6 Å². The molecule has 0 saturated carbocycles. The molecule has 0 radical (unpaired) electrons. The van der Waals surface area contributed by atoms with Gasteiger partial charge in [0.1, 0.15) is 0 Å². The highest BCUT2D eigenvalue weighted by Crippen LogP contribution is 2.33. The molecule has 1 nitrogen and oxygen atoms in total. The molecule has 3 heteroatoms. The first-order valence-corrected chi connectivity index (χ1v) is 7.94. The van der Waals surface area contributed by atoms with Crippen molar-refractivity contribution in [3.05, 3.63) is 80.8 Å². The number of hydrogen-bond acceptors (Lipinski definition) is 1. The van der Waals surface area contributed by atoms with Crippen LogP contribution in [0.3, 0.4) is 0 Å². The molecule has 1 unspecified atom stereocenters. The van der Waals surface area contributed by atoms with Gasteiger partial charge in [0.25, 0.3) is 0 Å². The van der Waals surface area contributed by atoms with E-state index in [1.807, 2.05) is 24.3 Å². The predicted octanol–water partition coefficient (Wildman–Crippen LogP) is 5.61. The van der Waals surface area contributed by atoms with Crippen molar-refractivity contribution in [2.24, 2.45) is 5.73 Å². The van der Waals surface area contributed by atoms with Crippen LogP contribution >= 0.6 is 27.5 Å². The molecule has 2 N–H and O–H groups in total. The van der Waals surface area contributed by atoms with Crippen molar-refractivity contribution in [2.45, 2.75) is 13.0 Å². The first kappa shape index (κ1) is 14.6. The van der Waals surface area contributed by atoms with Crippen LogP contribution in [0, 0.1) is 6.92 Å². The van der Waals surface area contributed by atoms with E-state index < -0.39 is 0 Å². The summed E-state index contributed by atoms with van der Waals surface area (Å²) in [5.74, 6) is 0. The highest BCUT2D eigenvalue weighted by atomic mass is 79.9. The molecule has 0 spiro atoms. The third-order valence-electron chi connectivity index (χ3n) is 3.81. The largest absolute Gasteiger partial charge is 0.320 e. The Kier molecular flexibility index (Phi) is 4.03. The van der Waals surface area contributed by atoms with Gasteiger partial charge in [0.05, 0.1) is 6.04 Å². The first-order valence-electron chi connectivity index (χ1n) is 6.76. The van der Waals surface area contributed by atoms with E-state index in [0.29, 0.717) is 5.02 Å². The van der Waals surface area contributed by atoms with Crippen LogP contribution in [-0.2, 0) is 0 Å². The van der Waals surface area contributed by atoms with Gasteiger partial charge in [-0.1, -0.05) is 70.0 Å². The number of aryl methyl sites for hydroxylation is 1. The van der Waals surface area contributed by atoms with Gasteiger partial charge in [-0.15, -0.1) is 0 Å². The second-order valence-corrected chi connectivity index (χ2v) is 6.48. The molecule has 1 atom stereocenters. The normalized spacial score (nSPS) is 12.6. The van der Waals surface area contributed by atoms with Gasteiger partial charge in [0.15, 0.2) is 0 Å². The van der Waals surface area contributed by atoms with Crippen molar-refractivity contribution >= 4 is 38.3 Å². The van der Waals surface area contributed by atoms with Gasteiger partial charge in [-0.2, -0.15) is 0 Å². The Morgan fingerprint density at radius 2 is 1.62 bits per heavy atom. The number of nitrogens with two attached hydrogens (primary N) is 1. The molecule has 106 valence electrons. The molecule has 3 aromatic carbocycles. The minimum atomic E-state index is -0.240. The zero-order valence-corrected chi connectivity index (χ0v) is 13.9. The van der Waals surface area contributed by atoms with Gasteiger partial charge < -0.3 is 5.73 Å². The van der Waals surface area contributed by atoms with Gasteiger partial charge in [-0.3, -0.25) is 0 Å².